The minimum Gasteiger partial charge on any atom is -0.356 e. The topological polar surface area (TPSA) is 56.7 Å². The summed E-state index contributed by atoms with van der Waals surface area (Å²) >= 11 is 5.91. The molecule has 1 aliphatic rings. The molecule has 0 unspecified atom stereocenters. The number of nitrogens with zero attached hydrogens (tertiary/aromatic N) is 2. The molecule has 6 heteroatoms. The molecule has 148 valence electrons. The van der Waals surface area contributed by atoms with Crippen molar-refractivity contribution in [2.75, 3.05) is 20.1 Å². The maximum atomic E-state index is 12.5. The van der Waals surface area contributed by atoms with Crippen LogP contribution in [0.25, 0.3) is 0 Å². The lowest BCUT2D eigenvalue weighted by molar-refractivity contribution is -0.132. The van der Waals surface area contributed by atoms with Gasteiger partial charge in [0.25, 0.3) is 0 Å². The first-order valence-electron chi connectivity index (χ1n) is 9.69. The highest BCUT2D eigenvalue weighted by molar-refractivity contribution is 6.30. The Morgan fingerprint density at radius 1 is 1.11 bits per heavy atom. The summed E-state index contributed by atoms with van der Waals surface area (Å²) in [6, 6.07) is 16.1. The van der Waals surface area contributed by atoms with E-state index in [1.807, 2.05) is 35.2 Å². The third kappa shape index (κ3) is 5.73. The quantitative estimate of drug-likeness (QED) is 0.445. The molecule has 0 radical (unpaired) electrons. The van der Waals surface area contributed by atoms with Gasteiger partial charge in [-0.3, -0.25) is 9.79 Å². The number of nitrogens with one attached hydrogen (secondary N) is 2. The van der Waals surface area contributed by atoms with E-state index in [1.54, 1.807) is 7.05 Å². The van der Waals surface area contributed by atoms with Crippen LogP contribution in [0, 0.1) is 0 Å². The van der Waals surface area contributed by atoms with Crippen LogP contribution in [0.5, 0.6) is 0 Å². The predicted octanol–water partition coefficient (Wildman–Crippen LogP) is 3.37. The fourth-order valence-electron chi connectivity index (χ4n) is 3.32. The maximum Gasteiger partial charge on any atom is 0.222 e. The van der Waals surface area contributed by atoms with Crippen molar-refractivity contribution in [3.8, 4) is 0 Å². The van der Waals surface area contributed by atoms with Crippen LogP contribution in [0.15, 0.2) is 53.5 Å². The van der Waals surface area contributed by atoms with Crippen molar-refractivity contribution >= 4 is 23.5 Å². The normalized spacial score (nSPS) is 13.8. The highest BCUT2D eigenvalue weighted by atomic mass is 35.5. The Morgan fingerprint density at radius 3 is 2.61 bits per heavy atom. The Kier molecular flexibility index (Phi) is 7.31. The van der Waals surface area contributed by atoms with Gasteiger partial charge in [-0.25, -0.2) is 0 Å². The minimum atomic E-state index is 0.223. The molecule has 3 rings (SSSR count). The molecule has 28 heavy (non-hydrogen) atoms. The first kappa shape index (κ1) is 20.2. The molecule has 0 fully saturated rings. The van der Waals surface area contributed by atoms with Gasteiger partial charge >= 0.3 is 0 Å². The summed E-state index contributed by atoms with van der Waals surface area (Å²) in [6.45, 7) is 2.92. The molecule has 0 spiro atoms. The van der Waals surface area contributed by atoms with Gasteiger partial charge in [-0.15, -0.1) is 0 Å². The van der Waals surface area contributed by atoms with Crippen molar-refractivity contribution in [1.82, 2.24) is 15.5 Å². The van der Waals surface area contributed by atoms with Crippen LogP contribution in [0.1, 0.15) is 29.5 Å². The number of hydrogen-bond donors (Lipinski definition) is 2. The Hall–Kier alpha value is -2.53. The van der Waals surface area contributed by atoms with Gasteiger partial charge in [0.1, 0.15) is 0 Å². The van der Waals surface area contributed by atoms with Crippen LogP contribution in [0.4, 0.5) is 0 Å². The first-order valence-corrected chi connectivity index (χ1v) is 10.1. The van der Waals surface area contributed by atoms with Crippen molar-refractivity contribution in [2.24, 2.45) is 4.99 Å². The second kappa shape index (κ2) is 10.1. The molecule has 0 saturated heterocycles. The summed E-state index contributed by atoms with van der Waals surface area (Å²) in [5, 5.41) is 7.26. The lowest BCUT2D eigenvalue weighted by Gasteiger charge is -2.29. The number of aliphatic imine (C=N–C) groups is 1. The number of amides is 1. The molecule has 2 N–H and O–H groups in total. The lowest BCUT2D eigenvalue weighted by Crippen LogP contribution is -2.38. The van der Waals surface area contributed by atoms with E-state index in [1.165, 1.54) is 11.1 Å². The van der Waals surface area contributed by atoms with Gasteiger partial charge in [-0.1, -0.05) is 48.0 Å². The van der Waals surface area contributed by atoms with E-state index in [0.29, 0.717) is 19.5 Å². The van der Waals surface area contributed by atoms with Crippen LogP contribution in [-0.2, 0) is 24.3 Å². The van der Waals surface area contributed by atoms with Gasteiger partial charge in [-0.05, 0) is 41.7 Å². The van der Waals surface area contributed by atoms with Crippen LogP contribution >= 0.6 is 11.6 Å². The second-order valence-electron chi connectivity index (χ2n) is 6.92. The van der Waals surface area contributed by atoms with E-state index >= 15 is 0 Å². The van der Waals surface area contributed by atoms with E-state index in [2.05, 4.69) is 33.8 Å². The van der Waals surface area contributed by atoms with Crippen molar-refractivity contribution in [1.29, 1.82) is 0 Å². The Balaban J connectivity index is 1.36. The smallest absolute Gasteiger partial charge is 0.222 e. The van der Waals surface area contributed by atoms with E-state index in [9.17, 15) is 4.79 Å². The molecule has 1 amide bonds. The summed E-state index contributed by atoms with van der Waals surface area (Å²) in [5.41, 5.74) is 3.77. The average Bonchev–Trinajstić information content (AvgIpc) is 2.74. The molecular weight excluding hydrogens is 372 g/mol. The fraction of sp³-hybridized carbons (Fsp3) is 0.364. The SMILES string of the molecule is CN=C(NCCCC(=O)N1CCc2ccccc2C1)NCc1ccc(Cl)cc1. The molecule has 0 aliphatic carbocycles. The molecular formula is C22H27ClN4O. The summed E-state index contributed by atoms with van der Waals surface area (Å²) in [7, 11) is 1.74. The van der Waals surface area contributed by atoms with Crippen molar-refractivity contribution in [2.45, 2.75) is 32.4 Å². The average molecular weight is 399 g/mol. The number of hydrogen-bond acceptors (Lipinski definition) is 2. The van der Waals surface area contributed by atoms with E-state index < -0.39 is 0 Å². The second-order valence-corrected chi connectivity index (χ2v) is 7.35. The van der Waals surface area contributed by atoms with Crippen LogP contribution in [-0.4, -0.2) is 36.9 Å². The Morgan fingerprint density at radius 2 is 1.86 bits per heavy atom. The molecule has 0 saturated carbocycles. The molecule has 0 atom stereocenters. The zero-order valence-corrected chi connectivity index (χ0v) is 17.0. The van der Waals surface area contributed by atoms with Gasteiger partial charge in [0.15, 0.2) is 5.96 Å². The lowest BCUT2D eigenvalue weighted by atomic mass is 9.99. The minimum absolute atomic E-state index is 0.223. The monoisotopic (exact) mass is 398 g/mol. The van der Waals surface area contributed by atoms with E-state index in [0.717, 1.165) is 42.5 Å². The third-order valence-corrected chi connectivity index (χ3v) is 5.19. The Bertz CT molecular complexity index is 820. The molecule has 1 aliphatic heterocycles. The van der Waals surface area contributed by atoms with Gasteiger partial charge in [0, 0.05) is 44.7 Å². The molecule has 2 aromatic carbocycles. The van der Waals surface area contributed by atoms with E-state index in [-0.39, 0.29) is 5.91 Å². The number of guanidine groups is 1. The first-order chi connectivity index (χ1) is 13.7. The van der Waals surface area contributed by atoms with Gasteiger partial charge in [-0.2, -0.15) is 0 Å². The zero-order valence-electron chi connectivity index (χ0n) is 16.2. The van der Waals surface area contributed by atoms with Crippen molar-refractivity contribution in [3.63, 3.8) is 0 Å². The maximum absolute atomic E-state index is 12.5. The fourth-order valence-corrected chi connectivity index (χ4v) is 3.45. The summed E-state index contributed by atoms with van der Waals surface area (Å²) in [5.74, 6) is 0.953. The largest absolute Gasteiger partial charge is 0.356 e. The van der Waals surface area contributed by atoms with Crippen molar-refractivity contribution < 1.29 is 4.79 Å². The van der Waals surface area contributed by atoms with E-state index in [4.69, 9.17) is 11.6 Å². The number of benzene rings is 2. The molecule has 2 aromatic rings. The van der Waals surface area contributed by atoms with Crippen LogP contribution in [0.2, 0.25) is 5.02 Å². The van der Waals surface area contributed by atoms with Gasteiger partial charge < -0.3 is 15.5 Å². The highest BCUT2D eigenvalue weighted by Gasteiger charge is 2.19. The van der Waals surface area contributed by atoms with Gasteiger partial charge in [0.2, 0.25) is 5.91 Å². The number of rotatable bonds is 6. The van der Waals surface area contributed by atoms with Gasteiger partial charge in [0.05, 0.1) is 0 Å². The predicted molar refractivity (Wildman–Crippen MR) is 114 cm³/mol. The molecule has 1 heterocycles. The van der Waals surface area contributed by atoms with Crippen LogP contribution in [0.3, 0.4) is 0 Å². The van der Waals surface area contributed by atoms with Crippen LogP contribution < -0.4 is 10.6 Å². The molecule has 0 aromatic heterocycles. The number of carbonyl (C=O) groups is 1. The Labute approximate surface area is 171 Å². The number of fused-ring (bicyclic) bond motifs is 1. The number of halogens is 1. The molecule has 5 nitrogen and oxygen atoms in total. The number of carbonyl (C=O) groups excluding carboxylic acids is 1. The molecule has 0 bridgehead atoms. The third-order valence-electron chi connectivity index (χ3n) is 4.94. The standard InChI is InChI=1S/C22H27ClN4O/c1-24-22(26-15-17-8-10-20(23)11-9-17)25-13-4-7-21(28)27-14-12-18-5-2-3-6-19(18)16-27/h2-3,5-6,8-11H,4,7,12-16H2,1H3,(H2,24,25,26). The zero-order chi connectivity index (χ0) is 19.8. The summed E-state index contributed by atoms with van der Waals surface area (Å²) < 4.78 is 0. The summed E-state index contributed by atoms with van der Waals surface area (Å²) in [6.07, 6.45) is 2.27. The highest BCUT2D eigenvalue weighted by Crippen LogP contribution is 2.19. The summed E-state index contributed by atoms with van der Waals surface area (Å²) in [4.78, 5) is 18.7. The van der Waals surface area contributed by atoms with Crippen molar-refractivity contribution in [3.05, 3.63) is 70.2 Å².